The van der Waals surface area contributed by atoms with Gasteiger partial charge in [0.2, 0.25) is 0 Å². The van der Waals surface area contributed by atoms with E-state index in [1.54, 1.807) is 30.5 Å². The molecule has 0 bridgehead atoms. The molecule has 0 aliphatic rings. The van der Waals surface area contributed by atoms with E-state index in [9.17, 15) is 4.79 Å². The fourth-order valence-electron chi connectivity index (χ4n) is 2.30. The molecule has 0 spiro atoms. The van der Waals surface area contributed by atoms with E-state index in [2.05, 4.69) is 10.5 Å². The first-order valence-corrected chi connectivity index (χ1v) is 8.16. The molecule has 0 aliphatic carbocycles. The van der Waals surface area contributed by atoms with Crippen molar-refractivity contribution in [1.82, 2.24) is 5.43 Å². The number of nitrogen functional groups attached to an aromatic ring is 1. The van der Waals surface area contributed by atoms with Crippen molar-refractivity contribution in [1.29, 1.82) is 0 Å². The molecule has 3 aromatic carbocycles. The Morgan fingerprint density at radius 1 is 1.00 bits per heavy atom. The van der Waals surface area contributed by atoms with Crippen LogP contribution in [0.3, 0.4) is 0 Å². The van der Waals surface area contributed by atoms with Gasteiger partial charge in [-0.3, -0.25) is 4.79 Å². The zero-order valence-corrected chi connectivity index (χ0v) is 14.1. The number of hydrogen-bond donors (Lipinski definition) is 2. The standard InChI is InChI=1S/C21H19N3O2/c22-19-8-4-7-18(13-19)21(25)24-23-14-16-9-11-20(12-10-16)26-15-17-5-2-1-3-6-17/h1-14H,15,22H2,(H,24,25)/b23-14-. The van der Waals surface area contributed by atoms with Crippen LogP contribution in [0.1, 0.15) is 21.5 Å². The number of hydrazone groups is 1. The first-order valence-electron chi connectivity index (χ1n) is 8.16. The molecule has 0 aliphatic heterocycles. The molecule has 0 heterocycles. The van der Waals surface area contributed by atoms with Crippen molar-refractivity contribution < 1.29 is 9.53 Å². The van der Waals surface area contributed by atoms with Gasteiger partial charge >= 0.3 is 0 Å². The number of nitrogens with one attached hydrogen (secondary N) is 1. The molecule has 5 heteroatoms. The largest absolute Gasteiger partial charge is 0.489 e. The Morgan fingerprint density at radius 3 is 2.50 bits per heavy atom. The summed E-state index contributed by atoms with van der Waals surface area (Å²) in [5, 5.41) is 3.96. The molecule has 0 fully saturated rings. The average molecular weight is 345 g/mol. The van der Waals surface area contributed by atoms with Crippen LogP contribution in [0.2, 0.25) is 0 Å². The van der Waals surface area contributed by atoms with Crippen LogP contribution in [0.25, 0.3) is 0 Å². The number of benzene rings is 3. The zero-order chi connectivity index (χ0) is 18.2. The van der Waals surface area contributed by atoms with Gasteiger partial charge in [0.05, 0.1) is 6.21 Å². The minimum atomic E-state index is -0.309. The van der Waals surface area contributed by atoms with Gasteiger partial charge in [0.15, 0.2) is 0 Å². The van der Waals surface area contributed by atoms with Gasteiger partial charge in [0, 0.05) is 11.3 Å². The van der Waals surface area contributed by atoms with Gasteiger partial charge in [-0.2, -0.15) is 5.10 Å². The van der Waals surface area contributed by atoms with Crippen LogP contribution in [0.15, 0.2) is 84.0 Å². The monoisotopic (exact) mass is 345 g/mol. The first kappa shape index (κ1) is 17.2. The normalized spacial score (nSPS) is 10.6. The average Bonchev–Trinajstić information content (AvgIpc) is 2.68. The minimum Gasteiger partial charge on any atom is -0.489 e. The van der Waals surface area contributed by atoms with Crippen LogP contribution in [0.4, 0.5) is 5.69 Å². The van der Waals surface area contributed by atoms with Gasteiger partial charge in [-0.15, -0.1) is 0 Å². The smallest absolute Gasteiger partial charge is 0.271 e. The molecular weight excluding hydrogens is 326 g/mol. The van der Waals surface area contributed by atoms with Gasteiger partial charge in [0.1, 0.15) is 12.4 Å². The van der Waals surface area contributed by atoms with Crippen molar-refractivity contribution in [3.8, 4) is 5.75 Å². The Bertz CT molecular complexity index is 891. The number of carbonyl (C=O) groups is 1. The number of rotatable bonds is 6. The van der Waals surface area contributed by atoms with E-state index in [1.165, 1.54) is 0 Å². The van der Waals surface area contributed by atoms with E-state index >= 15 is 0 Å². The molecule has 5 nitrogen and oxygen atoms in total. The summed E-state index contributed by atoms with van der Waals surface area (Å²) in [6, 6.07) is 24.2. The molecule has 0 radical (unpaired) electrons. The fraction of sp³-hybridized carbons (Fsp3) is 0.0476. The van der Waals surface area contributed by atoms with Crippen LogP contribution < -0.4 is 15.9 Å². The number of nitrogens with two attached hydrogens (primary N) is 1. The summed E-state index contributed by atoms with van der Waals surface area (Å²) in [5.74, 6) is 0.464. The van der Waals surface area contributed by atoms with Crippen molar-refractivity contribution in [3.63, 3.8) is 0 Å². The summed E-state index contributed by atoms with van der Waals surface area (Å²) in [7, 11) is 0. The summed E-state index contributed by atoms with van der Waals surface area (Å²) >= 11 is 0. The van der Waals surface area contributed by atoms with Gasteiger partial charge < -0.3 is 10.5 Å². The Kier molecular flexibility index (Phi) is 5.62. The predicted octanol–water partition coefficient (Wildman–Crippen LogP) is 3.61. The lowest BCUT2D eigenvalue weighted by Crippen LogP contribution is -2.17. The summed E-state index contributed by atoms with van der Waals surface area (Å²) in [6.45, 7) is 0.518. The molecule has 3 aromatic rings. The summed E-state index contributed by atoms with van der Waals surface area (Å²) in [6.07, 6.45) is 1.57. The highest BCUT2D eigenvalue weighted by Crippen LogP contribution is 2.13. The van der Waals surface area contributed by atoms with E-state index < -0.39 is 0 Å². The van der Waals surface area contributed by atoms with Crippen molar-refractivity contribution in [3.05, 3.63) is 95.6 Å². The third-order valence-corrected chi connectivity index (χ3v) is 3.66. The van der Waals surface area contributed by atoms with Crippen molar-refractivity contribution >= 4 is 17.8 Å². The van der Waals surface area contributed by atoms with Gasteiger partial charge in [-0.1, -0.05) is 36.4 Å². The van der Waals surface area contributed by atoms with E-state index in [1.807, 2.05) is 54.6 Å². The lowest BCUT2D eigenvalue weighted by molar-refractivity contribution is 0.0955. The third kappa shape index (κ3) is 4.95. The molecule has 26 heavy (non-hydrogen) atoms. The van der Waals surface area contributed by atoms with E-state index in [-0.39, 0.29) is 5.91 Å². The zero-order valence-electron chi connectivity index (χ0n) is 14.1. The number of hydrogen-bond acceptors (Lipinski definition) is 4. The van der Waals surface area contributed by atoms with Crippen molar-refractivity contribution in [2.24, 2.45) is 5.10 Å². The van der Waals surface area contributed by atoms with Crippen LogP contribution >= 0.6 is 0 Å². The van der Waals surface area contributed by atoms with E-state index in [0.717, 1.165) is 16.9 Å². The second kappa shape index (κ2) is 8.48. The molecule has 0 atom stereocenters. The summed E-state index contributed by atoms with van der Waals surface area (Å²) in [4.78, 5) is 12.0. The molecule has 3 rings (SSSR count). The van der Waals surface area contributed by atoms with Crippen molar-refractivity contribution in [2.75, 3.05) is 5.73 Å². The maximum Gasteiger partial charge on any atom is 0.271 e. The van der Waals surface area contributed by atoms with Gasteiger partial charge in [0.25, 0.3) is 5.91 Å². The molecule has 0 unspecified atom stereocenters. The molecule has 0 saturated carbocycles. The third-order valence-electron chi connectivity index (χ3n) is 3.66. The molecular formula is C21H19N3O2. The van der Waals surface area contributed by atoms with Crippen LogP contribution in [0, 0.1) is 0 Å². The lowest BCUT2D eigenvalue weighted by Gasteiger charge is -2.06. The highest BCUT2D eigenvalue weighted by molar-refractivity contribution is 5.95. The summed E-state index contributed by atoms with van der Waals surface area (Å²) in [5.41, 5.74) is 11.1. The predicted molar refractivity (Wildman–Crippen MR) is 103 cm³/mol. The Labute approximate surface area is 152 Å². The van der Waals surface area contributed by atoms with Gasteiger partial charge in [-0.25, -0.2) is 5.43 Å². The number of amides is 1. The van der Waals surface area contributed by atoms with E-state index in [4.69, 9.17) is 10.5 Å². The Hall–Kier alpha value is -3.60. The quantitative estimate of drug-likeness (QED) is 0.407. The Morgan fingerprint density at radius 2 is 1.77 bits per heavy atom. The van der Waals surface area contributed by atoms with Crippen LogP contribution in [0.5, 0.6) is 5.75 Å². The number of nitrogens with zero attached hydrogens (tertiary/aromatic N) is 1. The SMILES string of the molecule is Nc1cccc(C(=O)N/N=C\c2ccc(OCc3ccccc3)cc2)c1. The number of carbonyl (C=O) groups excluding carboxylic acids is 1. The van der Waals surface area contributed by atoms with Crippen LogP contribution in [-0.2, 0) is 6.61 Å². The molecule has 0 aromatic heterocycles. The second-order valence-electron chi connectivity index (χ2n) is 5.67. The van der Waals surface area contributed by atoms with Crippen LogP contribution in [-0.4, -0.2) is 12.1 Å². The molecule has 0 saturated heterocycles. The summed E-state index contributed by atoms with van der Waals surface area (Å²) < 4.78 is 5.73. The Balaban J connectivity index is 1.52. The molecule has 3 N–H and O–H groups in total. The minimum absolute atomic E-state index is 0.309. The fourth-order valence-corrected chi connectivity index (χ4v) is 2.30. The van der Waals surface area contributed by atoms with E-state index in [0.29, 0.717) is 17.9 Å². The lowest BCUT2D eigenvalue weighted by atomic mass is 10.2. The molecule has 130 valence electrons. The first-order chi connectivity index (χ1) is 12.7. The van der Waals surface area contributed by atoms with Gasteiger partial charge in [-0.05, 0) is 53.6 Å². The van der Waals surface area contributed by atoms with Crippen molar-refractivity contribution in [2.45, 2.75) is 6.61 Å². The second-order valence-corrected chi connectivity index (χ2v) is 5.67. The topological polar surface area (TPSA) is 76.7 Å². The maximum absolute atomic E-state index is 12.0. The molecule has 1 amide bonds. The number of ether oxygens (including phenoxy) is 1. The maximum atomic E-state index is 12.0. The highest BCUT2D eigenvalue weighted by Gasteiger charge is 2.03. The number of anilines is 1. The highest BCUT2D eigenvalue weighted by atomic mass is 16.5.